The van der Waals surface area contributed by atoms with E-state index < -0.39 is 28.7 Å². The summed E-state index contributed by atoms with van der Waals surface area (Å²) in [6.45, 7) is 0.591. The highest BCUT2D eigenvalue weighted by atomic mass is 32.2. The molecule has 1 saturated heterocycles. The maximum Gasteiger partial charge on any atom is 0.405 e. The molecule has 1 fully saturated rings. The summed E-state index contributed by atoms with van der Waals surface area (Å²) in [5.74, 6) is -0.907. The number of carbonyl (C=O) groups excluding carboxylic acids is 1. The van der Waals surface area contributed by atoms with Gasteiger partial charge in [0, 0.05) is 25.2 Å². The molecule has 1 aliphatic rings. The van der Waals surface area contributed by atoms with Crippen molar-refractivity contribution in [3.05, 3.63) is 29.8 Å². The minimum atomic E-state index is -4.50. The lowest BCUT2D eigenvalue weighted by Gasteiger charge is -2.19. The molecule has 1 aromatic carbocycles. The number of halogens is 3. The van der Waals surface area contributed by atoms with Gasteiger partial charge < -0.3 is 10.6 Å². The van der Waals surface area contributed by atoms with Crippen LogP contribution in [0.4, 0.5) is 13.2 Å². The summed E-state index contributed by atoms with van der Waals surface area (Å²) in [6.07, 6.45) is -3.81. The quantitative estimate of drug-likeness (QED) is 0.833. The second kappa shape index (κ2) is 7.49. The molecule has 0 aromatic heterocycles. The monoisotopic (exact) mass is 365 g/mol. The standard InChI is InChI=1S/C14H18F3N3O3S/c15-14(16,17)10-19-13(21)11-2-4-12(5-3-11)24(22,23)20-8-1-6-18-7-9-20/h2-5,18H,1,6-10H2,(H,19,21). The number of carbonyl (C=O) groups is 1. The van der Waals surface area contributed by atoms with Crippen molar-refractivity contribution in [1.29, 1.82) is 0 Å². The van der Waals surface area contributed by atoms with Crippen molar-refractivity contribution in [2.24, 2.45) is 0 Å². The van der Waals surface area contributed by atoms with Gasteiger partial charge in [-0.2, -0.15) is 17.5 Å². The fourth-order valence-corrected chi connectivity index (χ4v) is 3.75. The van der Waals surface area contributed by atoms with Gasteiger partial charge in [0.1, 0.15) is 6.54 Å². The number of nitrogens with zero attached hydrogens (tertiary/aromatic N) is 1. The van der Waals surface area contributed by atoms with Crippen molar-refractivity contribution in [2.75, 3.05) is 32.7 Å². The first kappa shape index (κ1) is 18.7. The summed E-state index contributed by atoms with van der Waals surface area (Å²) < 4.78 is 62.7. The average molecular weight is 365 g/mol. The van der Waals surface area contributed by atoms with Gasteiger partial charge in [0.2, 0.25) is 10.0 Å². The number of nitrogens with one attached hydrogen (secondary N) is 2. The Bertz CT molecular complexity index is 667. The number of sulfonamides is 1. The minimum absolute atomic E-state index is 0.0109. The lowest BCUT2D eigenvalue weighted by molar-refractivity contribution is -0.123. The van der Waals surface area contributed by atoms with E-state index >= 15 is 0 Å². The van der Waals surface area contributed by atoms with E-state index in [0.29, 0.717) is 26.1 Å². The Labute approximate surface area is 138 Å². The van der Waals surface area contributed by atoms with Crippen molar-refractivity contribution in [2.45, 2.75) is 17.5 Å². The molecular weight excluding hydrogens is 347 g/mol. The predicted molar refractivity (Wildman–Crippen MR) is 81.1 cm³/mol. The molecule has 1 heterocycles. The summed E-state index contributed by atoms with van der Waals surface area (Å²) in [5.41, 5.74) is -0.0317. The molecule has 1 aliphatic heterocycles. The van der Waals surface area contributed by atoms with Crippen LogP contribution in [-0.4, -0.2) is 57.5 Å². The number of amides is 1. The van der Waals surface area contributed by atoms with E-state index in [4.69, 9.17) is 0 Å². The minimum Gasteiger partial charge on any atom is -0.343 e. The number of rotatable bonds is 4. The molecular formula is C14H18F3N3O3S. The highest BCUT2D eigenvalue weighted by Crippen LogP contribution is 2.18. The van der Waals surface area contributed by atoms with Gasteiger partial charge in [-0.05, 0) is 37.2 Å². The summed E-state index contributed by atoms with van der Waals surface area (Å²) in [4.78, 5) is 11.6. The Hall–Kier alpha value is -1.65. The summed E-state index contributed by atoms with van der Waals surface area (Å²) in [5, 5.41) is 4.84. The van der Waals surface area contributed by atoms with Crippen molar-refractivity contribution in [3.63, 3.8) is 0 Å². The Balaban J connectivity index is 2.09. The van der Waals surface area contributed by atoms with Crippen LogP contribution in [0.1, 0.15) is 16.8 Å². The Morgan fingerprint density at radius 3 is 2.46 bits per heavy atom. The van der Waals surface area contributed by atoms with Crippen LogP contribution in [-0.2, 0) is 10.0 Å². The third-order valence-corrected chi connectivity index (χ3v) is 5.42. The number of benzene rings is 1. The van der Waals surface area contributed by atoms with E-state index in [1.54, 1.807) is 5.32 Å². The van der Waals surface area contributed by atoms with Crippen LogP contribution in [0, 0.1) is 0 Å². The normalized spacial score (nSPS) is 17.3. The first-order chi connectivity index (χ1) is 11.2. The highest BCUT2D eigenvalue weighted by molar-refractivity contribution is 7.89. The van der Waals surface area contributed by atoms with Crippen LogP contribution < -0.4 is 10.6 Å². The molecule has 0 unspecified atom stereocenters. The van der Waals surface area contributed by atoms with Gasteiger partial charge in [-0.3, -0.25) is 4.79 Å². The van der Waals surface area contributed by atoms with Crippen molar-refractivity contribution in [1.82, 2.24) is 14.9 Å². The molecule has 0 spiro atoms. The Morgan fingerprint density at radius 1 is 1.17 bits per heavy atom. The smallest absolute Gasteiger partial charge is 0.343 e. The molecule has 2 N–H and O–H groups in total. The van der Waals surface area contributed by atoms with Gasteiger partial charge in [-0.1, -0.05) is 0 Å². The fraction of sp³-hybridized carbons (Fsp3) is 0.500. The van der Waals surface area contributed by atoms with Crippen molar-refractivity contribution >= 4 is 15.9 Å². The molecule has 0 saturated carbocycles. The second-order valence-corrected chi connectivity index (χ2v) is 7.27. The topological polar surface area (TPSA) is 78.5 Å². The van der Waals surface area contributed by atoms with Gasteiger partial charge in [0.15, 0.2) is 0 Å². The van der Waals surface area contributed by atoms with Crippen LogP contribution in [0.25, 0.3) is 0 Å². The van der Waals surface area contributed by atoms with E-state index in [1.165, 1.54) is 28.6 Å². The predicted octanol–water partition coefficient (Wildman–Crippen LogP) is 0.963. The van der Waals surface area contributed by atoms with Crippen molar-refractivity contribution < 1.29 is 26.4 Å². The van der Waals surface area contributed by atoms with Gasteiger partial charge in [-0.15, -0.1) is 0 Å². The van der Waals surface area contributed by atoms with Gasteiger partial charge in [0.25, 0.3) is 5.91 Å². The lowest BCUT2D eigenvalue weighted by Crippen LogP contribution is -2.34. The molecule has 1 amide bonds. The van der Waals surface area contributed by atoms with E-state index in [2.05, 4.69) is 5.32 Å². The zero-order valence-electron chi connectivity index (χ0n) is 12.8. The van der Waals surface area contributed by atoms with E-state index in [0.717, 1.165) is 6.54 Å². The average Bonchev–Trinajstić information content (AvgIpc) is 2.82. The van der Waals surface area contributed by atoms with E-state index in [1.807, 2.05) is 0 Å². The van der Waals surface area contributed by atoms with Crippen LogP contribution in [0.15, 0.2) is 29.2 Å². The SMILES string of the molecule is O=C(NCC(F)(F)F)c1ccc(S(=O)(=O)N2CCCNCC2)cc1. The number of hydrogen-bond acceptors (Lipinski definition) is 4. The summed E-state index contributed by atoms with van der Waals surface area (Å²) in [6, 6.07) is 4.87. The first-order valence-electron chi connectivity index (χ1n) is 7.36. The molecule has 6 nitrogen and oxygen atoms in total. The summed E-state index contributed by atoms with van der Waals surface area (Å²) in [7, 11) is -3.68. The maximum atomic E-state index is 12.5. The molecule has 2 rings (SSSR count). The van der Waals surface area contributed by atoms with Gasteiger partial charge >= 0.3 is 6.18 Å². The lowest BCUT2D eigenvalue weighted by atomic mass is 10.2. The Kier molecular flexibility index (Phi) is 5.83. The third-order valence-electron chi connectivity index (χ3n) is 3.50. The van der Waals surface area contributed by atoms with Crippen molar-refractivity contribution in [3.8, 4) is 0 Å². The molecule has 0 aliphatic carbocycles. The Morgan fingerprint density at radius 2 is 1.83 bits per heavy atom. The first-order valence-corrected chi connectivity index (χ1v) is 8.80. The van der Waals surface area contributed by atoms with Crippen LogP contribution in [0.3, 0.4) is 0 Å². The molecule has 0 atom stereocenters. The fourth-order valence-electron chi connectivity index (χ4n) is 2.27. The zero-order chi connectivity index (χ0) is 17.8. The highest BCUT2D eigenvalue weighted by Gasteiger charge is 2.28. The molecule has 24 heavy (non-hydrogen) atoms. The van der Waals surface area contributed by atoms with Gasteiger partial charge in [-0.25, -0.2) is 8.42 Å². The number of alkyl halides is 3. The maximum absolute atomic E-state index is 12.5. The summed E-state index contributed by atoms with van der Waals surface area (Å²) >= 11 is 0. The molecule has 0 radical (unpaired) electrons. The third kappa shape index (κ3) is 4.92. The largest absolute Gasteiger partial charge is 0.405 e. The van der Waals surface area contributed by atoms with Gasteiger partial charge in [0.05, 0.1) is 4.90 Å². The van der Waals surface area contributed by atoms with Crippen LogP contribution in [0.5, 0.6) is 0 Å². The van der Waals surface area contributed by atoms with Crippen LogP contribution in [0.2, 0.25) is 0 Å². The van der Waals surface area contributed by atoms with E-state index in [-0.39, 0.29) is 10.5 Å². The molecule has 0 bridgehead atoms. The van der Waals surface area contributed by atoms with Crippen LogP contribution >= 0.6 is 0 Å². The molecule has 1 aromatic rings. The number of hydrogen-bond donors (Lipinski definition) is 2. The second-order valence-electron chi connectivity index (χ2n) is 5.33. The molecule has 134 valence electrons. The van der Waals surface area contributed by atoms with E-state index in [9.17, 15) is 26.4 Å². The zero-order valence-corrected chi connectivity index (χ0v) is 13.6. The molecule has 10 heteroatoms.